The smallest absolute Gasteiger partial charge is 0.306 e. The van der Waals surface area contributed by atoms with Gasteiger partial charge in [0.2, 0.25) is 0 Å². The summed E-state index contributed by atoms with van der Waals surface area (Å²) in [4.78, 5) is 30.4. The topological polar surface area (TPSA) is 100 Å². The lowest BCUT2D eigenvalue weighted by atomic mass is 9.78. The molecule has 1 amide bonds. The summed E-state index contributed by atoms with van der Waals surface area (Å²) >= 11 is 1.54. The fraction of sp³-hybridized carbons (Fsp3) is 0.333. The number of carbonyl (C=O) groups is 2. The van der Waals surface area contributed by atoms with Gasteiger partial charge in [0.25, 0.3) is 5.91 Å². The number of nitrogens with one attached hydrogen (secondary N) is 2. The number of nitrogens with zero attached hydrogens (tertiary/aromatic N) is 1. The molecule has 0 saturated heterocycles. The summed E-state index contributed by atoms with van der Waals surface area (Å²) < 4.78 is 5.46. The average Bonchev–Trinajstić information content (AvgIpc) is 3.45. The summed E-state index contributed by atoms with van der Waals surface area (Å²) in [6.45, 7) is 0. The summed E-state index contributed by atoms with van der Waals surface area (Å²) in [5, 5.41) is 12.3. The van der Waals surface area contributed by atoms with Crippen molar-refractivity contribution in [3.05, 3.63) is 57.9 Å². The van der Waals surface area contributed by atoms with Crippen molar-refractivity contribution >= 4 is 29.0 Å². The van der Waals surface area contributed by atoms with Crippen LogP contribution in [0.2, 0.25) is 0 Å². The van der Waals surface area contributed by atoms with Crippen molar-refractivity contribution in [1.29, 1.82) is 0 Å². The highest BCUT2D eigenvalue weighted by atomic mass is 32.1. The zero-order valence-corrected chi connectivity index (χ0v) is 17.3. The molecule has 4 rings (SSSR count). The minimum absolute atomic E-state index is 0.256. The Morgan fingerprint density at radius 2 is 2.07 bits per heavy atom. The Bertz CT molecular complexity index is 952. The van der Waals surface area contributed by atoms with E-state index >= 15 is 0 Å². The number of hydrogen-bond donors (Lipinski definition) is 3. The van der Waals surface area contributed by atoms with Gasteiger partial charge in [0, 0.05) is 5.28 Å². The van der Waals surface area contributed by atoms with Crippen LogP contribution < -0.4 is 15.6 Å². The number of methoxy groups -OCH3 is 1. The maximum Gasteiger partial charge on any atom is 0.306 e. The first-order valence-corrected chi connectivity index (χ1v) is 10.6. The largest absolute Gasteiger partial charge is 0.496 e. The Morgan fingerprint density at radius 3 is 2.73 bits per heavy atom. The van der Waals surface area contributed by atoms with Gasteiger partial charge in [-0.2, -0.15) is 0 Å². The first kappa shape index (κ1) is 20.2. The van der Waals surface area contributed by atoms with E-state index in [-0.39, 0.29) is 17.7 Å². The van der Waals surface area contributed by atoms with Crippen molar-refractivity contribution in [1.82, 2.24) is 16.1 Å². The standard InChI is InChI=1S/C21H23N3O5S/c1-28-17-11-15(13-4-6-14(7-5-13)21(26)27)8-9-16(17)20(25)23-24-22-12-18(29-24)19-3-2-10-30-19/h2-3,8-14,22H,4-7H2,1H3,(H,23,25)(H,26,27). The van der Waals surface area contributed by atoms with E-state index in [0.29, 0.717) is 29.9 Å². The van der Waals surface area contributed by atoms with E-state index in [4.69, 9.17) is 9.57 Å². The van der Waals surface area contributed by atoms with Crippen LogP contribution in [0.5, 0.6) is 5.75 Å². The number of hydrogen-bond acceptors (Lipinski definition) is 7. The molecule has 1 saturated carbocycles. The Balaban J connectivity index is 1.39. The highest BCUT2D eigenvalue weighted by Crippen LogP contribution is 2.37. The van der Waals surface area contributed by atoms with Crippen molar-refractivity contribution in [3.63, 3.8) is 0 Å². The van der Waals surface area contributed by atoms with Gasteiger partial charge in [-0.1, -0.05) is 12.1 Å². The molecule has 0 spiro atoms. The maximum absolute atomic E-state index is 12.7. The second kappa shape index (κ2) is 8.76. The van der Waals surface area contributed by atoms with E-state index in [9.17, 15) is 14.7 Å². The van der Waals surface area contributed by atoms with Crippen molar-refractivity contribution in [2.75, 3.05) is 7.11 Å². The van der Waals surface area contributed by atoms with Crippen molar-refractivity contribution in [2.24, 2.45) is 5.92 Å². The number of carboxylic acid groups (broad SMARTS) is 1. The molecule has 1 aromatic heterocycles. The van der Waals surface area contributed by atoms with E-state index in [1.807, 2.05) is 29.6 Å². The second-order valence-electron chi connectivity index (χ2n) is 7.29. The zero-order valence-electron chi connectivity index (χ0n) is 16.5. The molecule has 158 valence electrons. The third-order valence-corrected chi connectivity index (χ3v) is 6.37. The van der Waals surface area contributed by atoms with Gasteiger partial charge in [-0.25, -0.2) is 5.43 Å². The average molecular weight is 429 g/mol. The third kappa shape index (κ3) is 4.27. The molecule has 2 aromatic rings. The van der Waals surface area contributed by atoms with Crippen LogP contribution in [0, 0.1) is 5.92 Å². The molecule has 8 nitrogen and oxygen atoms in total. The van der Waals surface area contributed by atoms with Crippen molar-refractivity contribution in [2.45, 2.75) is 31.6 Å². The molecular formula is C21H23N3O5S. The van der Waals surface area contributed by atoms with E-state index in [1.54, 1.807) is 12.3 Å². The van der Waals surface area contributed by atoms with Crippen LogP contribution in [0.3, 0.4) is 0 Å². The SMILES string of the molecule is COc1cc(C2CCC(C(=O)O)CC2)ccc1C(=O)NN1NC=C(c2cccs2)O1. The van der Waals surface area contributed by atoms with Crippen LogP contribution in [0.25, 0.3) is 5.76 Å². The van der Waals surface area contributed by atoms with Gasteiger partial charge in [0.05, 0.1) is 29.7 Å². The van der Waals surface area contributed by atoms with E-state index in [0.717, 1.165) is 28.6 Å². The first-order chi connectivity index (χ1) is 14.5. The Labute approximate surface area is 178 Å². The summed E-state index contributed by atoms with van der Waals surface area (Å²) in [6, 6.07) is 9.36. The summed E-state index contributed by atoms with van der Waals surface area (Å²) in [6.07, 6.45) is 4.63. The molecule has 3 N–H and O–H groups in total. The van der Waals surface area contributed by atoms with E-state index < -0.39 is 5.97 Å². The molecule has 1 fully saturated rings. The second-order valence-corrected chi connectivity index (χ2v) is 8.24. The van der Waals surface area contributed by atoms with Gasteiger partial charge in [-0.15, -0.1) is 11.3 Å². The highest BCUT2D eigenvalue weighted by Gasteiger charge is 2.28. The van der Waals surface area contributed by atoms with Gasteiger partial charge >= 0.3 is 5.97 Å². The van der Waals surface area contributed by atoms with Crippen LogP contribution in [0.15, 0.2) is 41.9 Å². The number of benzene rings is 1. The number of amides is 1. The maximum atomic E-state index is 12.7. The molecule has 30 heavy (non-hydrogen) atoms. The number of rotatable bonds is 6. The Hall–Kier alpha value is -3.04. The van der Waals surface area contributed by atoms with E-state index in [2.05, 4.69) is 10.9 Å². The monoisotopic (exact) mass is 429 g/mol. The Morgan fingerprint density at radius 1 is 1.27 bits per heavy atom. The fourth-order valence-electron chi connectivity index (χ4n) is 3.83. The van der Waals surface area contributed by atoms with E-state index in [1.165, 1.54) is 18.4 Å². The molecule has 1 aromatic carbocycles. The molecular weight excluding hydrogens is 406 g/mol. The first-order valence-electron chi connectivity index (χ1n) is 9.75. The number of hydrazine groups is 2. The minimum atomic E-state index is -0.715. The molecule has 1 aliphatic carbocycles. The van der Waals surface area contributed by atoms with Gasteiger partial charge in [0.1, 0.15) is 5.75 Å². The van der Waals surface area contributed by atoms with Gasteiger partial charge in [-0.05, 0) is 60.7 Å². The molecule has 2 heterocycles. The molecule has 1 aliphatic heterocycles. The molecule has 0 bridgehead atoms. The fourth-order valence-corrected chi connectivity index (χ4v) is 4.51. The van der Waals surface area contributed by atoms with Gasteiger partial charge in [-0.3, -0.25) is 15.0 Å². The molecule has 0 atom stereocenters. The van der Waals surface area contributed by atoms with Crippen LogP contribution in [0.4, 0.5) is 0 Å². The number of carbonyl (C=O) groups excluding carboxylic acids is 1. The lowest BCUT2D eigenvalue weighted by Crippen LogP contribution is -2.45. The van der Waals surface area contributed by atoms with Crippen LogP contribution >= 0.6 is 11.3 Å². The quantitative estimate of drug-likeness (QED) is 0.646. The van der Waals surface area contributed by atoms with Gasteiger partial charge < -0.3 is 14.7 Å². The predicted octanol–water partition coefficient (Wildman–Crippen LogP) is 3.51. The van der Waals surface area contributed by atoms with Crippen LogP contribution in [-0.2, 0) is 9.63 Å². The number of aliphatic carboxylic acids is 1. The molecule has 2 aliphatic rings. The molecule has 0 radical (unpaired) electrons. The van der Waals surface area contributed by atoms with Crippen LogP contribution in [-0.4, -0.2) is 29.4 Å². The molecule has 9 heteroatoms. The normalized spacial score (nSPS) is 21.3. The Kier molecular flexibility index (Phi) is 5.91. The third-order valence-electron chi connectivity index (χ3n) is 5.49. The highest BCUT2D eigenvalue weighted by molar-refractivity contribution is 7.11. The minimum Gasteiger partial charge on any atom is -0.496 e. The summed E-state index contributed by atoms with van der Waals surface area (Å²) in [5.41, 5.74) is 6.94. The molecule has 0 unspecified atom stereocenters. The number of ether oxygens (including phenoxy) is 1. The van der Waals surface area contributed by atoms with Crippen LogP contribution in [0.1, 0.15) is 52.4 Å². The summed E-state index contributed by atoms with van der Waals surface area (Å²) in [5.74, 6) is 0.0102. The van der Waals surface area contributed by atoms with Crippen molar-refractivity contribution < 1.29 is 24.3 Å². The number of thiophene rings is 1. The summed E-state index contributed by atoms with van der Waals surface area (Å²) in [7, 11) is 1.53. The van der Waals surface area contributed by atoms with Crippen molar-refractivity contribution in [3.8, 4) is 5.75 Å². The van der Waals surface area contributed by atoms with Gasteiger partial charge in [0.15, 0.2) is 5.76 Å². The zero-order chi connectivity index (χ0) is 21.1. The predicted molar refractivity (Wildman–Crippen MR) is 111 cm³/mol. The number of carboxylic acids is 1. The lowest BCUT2D eigenvalue weighted by molar-refractivity contribution is -0.142. The lowest BCUT2D eigenvalue weighted by Gasteiger charge is -2.27.